The van der Waals surface area contributed by atoms with Crippen molar-refractivity contribution in [2.24, 2.45) is 33.8 Å². The summed E-state index contributed by atoms with van der Waals surface area (Å²) in [5, 5.41) is 21.3. The first kappa shape index (κ1) is 43.6. The van der Waals surface area contributed by atoms with Crippen LogP contribution in [0.3, 0.4) is 0 Å². The van der Waals surface area contributed by atoms with Crippen LogP contribution in [0.1, 0.15) is 77.0 Å². The van der Waals surface area contributed by atoms with E-state index in [0.29, 0.717) is 12.8 Å². The molecule has 0 heterocycles. The molecule has 0 saturated heterocycles. The number of nitrogens with two attached hydrogens (primary N) is 4. The molecule has 14 N–H and O–H groups in total. The summed E-state index contributed by atoms with van der Waals surface area (Å²) in [5.41, 5.74) is 21.2. The number of aliphatic carboxylic acids is 1. The van der Waals surface area contributed by atoms with E-state index >= 15 is 0 Å². The average Bonchev–Trinajstić information content (AvgIpc) is 3.06. The van der Waals surface area contributed by atoms with Gasteiger partial charge in [0.05, 0.1) is 13.0 Å². The molecule has 0 spiro atoms. The van der Waals surface area contributed by atoms with Gasteiger partial charge in [-0.25, -0.2) is 4.79 Å². The van der Waals surface area contributed by atoms with Crippen LogP contribution in [0.2, 0.25) is 0 Å². The van der Waals surface area contributed by atoms with Crippen LogP contribution in [-0.2, 0) is 38.3 Å². The molecule has 0 bridgehead atoms. The Morgan fingerprint density at radius 2 is 1.35 bits per heavy atom. The Bertz CT molecular complexity index is 1270. The summed E-state index contributed by atoms with van der Waals surface area (Å²) in [7, 11) is 0. The molecule has 7 amide bonds. The highest BCUT2D eigenvalue weighted by Crippen LogP contribution is 2.27. The van der Waals surface area contributed by atoms with E-state index in [9.17, 15) is 43.5 Å². The number of ether oxygens (including phenoxy) is 1. The van der Waals surface area contributed by atoms with Crippen LogP contribution in [0, 0.1) is 5.92 Å². The molecule has 4 atom stereocenters. The van der Waals surface area contributed by atoms with Crippen LogP contribution >= 0.6 is 0 Å². The number of hydrogen-bond donors (Lipinski definition) is 10. The fourth-order valence-corrected chi connectivity index (χ4v) is 5.30. The van der Waals surface area contributed by atoms with Gasteiger partial charge in [-0.05, 0) is 38.0 Å². The van der Waals surface area contributed by atoms with Crippen molar-refractivity contribution in [1.82, 2.24) is 26.6 Å². The molecule has 0 unspecified atom stereocenters. The van der Waals surface area contributed by atoms with Gasteiger partial charge in [-0.15, -0.1) is 0 Å². The van der Waals surface area contributed by atoms with Crippen LogP contribution in [-0.4, -0.2) is 102 Å². The highest BCUT2D eigenvalue weighted by Gasteiger charge is 2.33. The Balaban J connectivity index is 3.21. The number of aliphatic imine (C=N–C) groups is 1. The molecular weight excluding hydrogens is 672 g/mol. The molecule has 0 aliphatic heterocycles. The normalized spacial score (nSPS) is 15.0. The summed E-state index contributed by atoms with van der Waals surface area (Å²) in [6, 6.07) is -5.63. The molecule has 1 rings (SSSR count). The minimum absolute atomic E-state index is 0.0369. The highest BCUT2D eigenvalue weighted by atomic mass is 16.5. The lowest BCUT2D eigenvalue weighted by Crippen LogP contribution is -2.59. The average molecular weight is 725 g/mol. The number of nitrogens with zero attached hydrogens (tertiary/aromatic N) is 1. The van der Waals surface area contributed by atoms with Crippen molar-refractivity contribution >= 4 is 53.5 Å². The summed E-state index contributed by atoms with van der Waals surface area (Å²) in [6.07, 6.45) is 4.09. The number of unbranched alkanes of at least 4 members (excludes halogenated alkanes) is 1. The minimum atomic E-state index is -1.64. The zero-order valence-electron chi connectivity index (χ0n) is 28.7. The number of rotatable bonds is 24. The molecule has 0 aromatic rings. The van der Waals surface area contributed by atoms with Crippen molar-refractivity contribution in [1.29, 1.82) is 0 Å². The number of carbonyl (C=O) groups excluding carboxylic acids is 7. The second-order valence-electron chi connectivity index (χ2n) is 12.1. The molecule has 1 saturated carbocycles. The molecule has 20 heteroatoms. The Hall–Kier alpha value is -5.43. The molecule has 1 aliphatic carbocycles. The van der Waals surface area contributed by atoms with Gasteiger partial charge in [0.15, 0.2) is 5.96 Å². The molecule has 1 fully saturated rings. The number of carboxylic acids is 1. The first-order valence-electron chi connectivity index (χ1n) is 16.7. The number of nitrogens with one attached hydrogen (secondary N) is 5. The number of guanidine groups is 1. The van der Waals surface area contributed by atoms with Gasteiger partial charge in [-0.3, -0.25) is 38.6 Å². The Labute approximate surface area is 295 Å². The van der Waals surface area contributed by atoms with Crippen LogP contribution in [0.25, 0.3) is 0 Å². The standard InChI is InChI=1S/C31H52N10O10/c1-2-14-51-31(50)41-19(10-6-7-13-36-30(34)35)27(47)38-20(11-12-25(44)45)28(48)40-22(16-23(32)42)29(49)39-21(26(46)37-17-24(33)43)15-18-8-4-3-5-9-18/h2,18-22H,1,3-17H2,(H2,32,42)(H2,33,43)(H,37,46)(H,38,47)(H,39,49)(H,40,48)(H,41,50)(H,44,45)(H4,34,35,36)/t19-,20-,21-,22-/m0/s1. The minimum Gasteiger partial charge on any atom is -0.481 e. The fourth-order valence-electron chi connectivity index (χ4n) is 5.30. The number of amides is 7. The summed E-state index contributed by atoms with van der Waals surface area (Å²) >= 11 is 0. The molecule has 0 aromatic heterocycles. The highest BCUT2D eigenvalue weighted by molar-refractivity contribution is 5.97. The quantitative estimate of drug-likeness (QED) is 0.0213. The molecule has 20 nitrogen and oxygen atoms in total. The largest absolute Gasteiger partial charge is 0.481 e. The van der Waals surface area contributed by atoms with Crippen LogP contribution in [0.5, 0.6) is 0 Å². The maximum atomic E-state index is 13.5. The molecule has 0 aromatic carbocycles. The lowest BCUT2D eigenvalue weighted by Gasteiger charge is -2.28. The second kappa shape index (κ2) is 23.8. The van der Waals surface area contributed by atoms with Crippen molar-refractivity contribution in [2.45, 2.75) is 101 Å². The first-order valence-corrected chi connectivity index (χ1v) is 16.7. The maximum Gasteiger partial charge on any atom is 0.408 e. The van der Waals surface area contributed by atoms with Crippen LogP contribution in [0.15, 0.2) is 17.6 Å². The molecule has 286 valence electrons. The maximum absolute atomic E-state index is 13.5. The van der Waals surface area contributed by atoms with E-state index in [1.807, 2.05) is 0 Å². The first-order chi connectivity index (χ1) is 24.1. The van der Waals surface area contributed by atoms with E-state index in [-0.39, 0.29) is 37.9 Å². The van der Waals surface area contributed by atoms with Gasteiger partial charge in [0, 0.05) is 13.0 Å². The fraction of sp³-hybridized carbons (Fsp3) is 0.645. The van der Waals surface area contributed by atoms with Crippen molar-refractivity contribution in [3.8, 4) is 0 Å². The van der Waals surface area contributed by atoms with Crippen molar-refractivity contribution in [3.63, 3.8) is 0 Å². The predicted octanol–water partition coefficient (Wildman–Crippen LogP) is -2.52. The van der Waals surface area contributed by atoms with Gasteiger partial charge < -0.3 is 59.4 Å². The summed E-state index contributed by atoms with van der Waals surface area (Å²) in [6.45, 7) is 3.03. The van der Waals surface area contributed by atoms with Gasteiger partial charge >= 0.3 is 12.1 Å². The van der Waals surface area contributed by atoms with E-state index < -0.39 is 97.5 Å². The third-order valence-corrected chi connectivity index (χ3v) is 7.82. The van der Waals surface area contributed by atoms with Gasteiger partial charge in [-0.2, -0.15) is 0 Å². The number of alkyl carbamates (subject to hydrolysis) is 1. The Morgan fingerprint density at radius 3 is 1.92 bits per heavy atom. The van der Waals surface area contributed by atoms with Crippen LogP contribution in [0.4, 0.5) is 4.79 Å². The third kappa shape index (κ3) is 19.4. The monoisotopic (exact) mass is 724 g/mol. The molecule has 1 aliphatic rings. The summed E-state index contributed by atoms with van der Waals surface area (Å²) in [5.74, 6) is -6.76. The zero-order chi connectivity index (χ0) is 38.3. The van der Waals surface area contributed by atoms with Gasteiger partial charge in [0.1, 0.15) is 30.8 Å². The number of carboxylic acid groups (broad SMARTS) is 1. The van der Waals surface area contributed by atoms with E-state index in [1.165, 1.54) is 6.08 Å². The Kier molecular flexibility index (Phi) is 20.4. The van der Waals surface area contributed by atoms with Crippen molar-refractivity contribution < 1.29 is 48.2 Å². The smallest absolute Gasteiger partial charge is 0.408 e. The van der Waals surface area contributed by atoms with Crippen LogP contribution < -0.4 is 49.5 Å². The molecule has 0 radical (unpaired) electrons. The van der Waals surface area contributed by atoms with E-state index in [4.69, 9.17) is 27.7 Å². The van der Waals surface area contributed by atoms with E-state index in [2.05, 4.69) is 38.2 Å². The SMILES string of the molecule is C=CCOC(=O)N[C@@H](CCCCN=C(N)N)C(=O)N[C@@H](CCC(=O)O)C(=O)N[C@@H](CC(N)=O)C(=O)N[C@@H](CC1CCCCC1)C(=O)NCC(N)=O. The van der Waals surface area contributed by atoms with E-state index in [0.717, 1.165) is 32.1 Å². The number of primary amides is 2. The number of carbonyl (C=O) groups is 8. The Morgan fingerprint density at radius 1 is 0.765 bits per heavy atom. The summed E-state index contributed by atoms with van der Waals surface area (Å²) < 4.78 is 4.90. The molecule has 51 heavy (non-hydrogen) atoms. The molecular formula is C31H52N10O10. The zero-order valence-corrected chi connectivity index (χ0v) is 28.7. The second-order valence-corrected chi connectivity index (χ2v) is 12.1. The van der Waals surface area contributed by atoms with E-state index in [1.54, 1.807) is 0 Å². The lowest BCUT2D eigenvalue weighted by molar-refractivity contribution is -0.138. The third-order valence-electron chi connectivity index (χ3n) is 7.82. The van der Waals surface area contributed by atoms with Crippen molar-refractivity contribution in [2.75, 3.05) is 19.7 Å². The van der Waals surface area contributed by atoms with Gasteiger partial charge in [-0.1, -0.05) is 44.8 Å². The van der Waals surface area contributed by atoms with Gasteiger partial charge in [0.2, 0.25) is 35.4 Å². The predicted molar refractivity (Wildman–Crippen MR) is 183 cm³/mol. The lowest BCUT2D eigenvalue weighted by atomic mass is 9.84. The van der Waals surface area contributed by atoms with Crippen molar-refractivity contribution in [3.05, 3.63) is 12.7 Å². The van der Waals surface area contributed by atoms with Gasteiger partial charge in [0.25, 0.3) is 0 Å². The topological polar surface area (TPSA) is 343 Å². The number of hydrogen-bond acceptors (Lipinski definition) is 10. The summed E-state index contributed by atoms with van der Waals surface area (Å²) in [4.78, 5) is 104.